The first-order chi connectivity index (χ1) is 19.4. The standard InChI is InChI=1S/C30H28N6O4/c1-18-9-14-23(19(2)15-18)24-16-25(20-10-12-22(40-3)13-11-20)36(32-24)26(37)17-34-28-27(31-33-34)29(38)35(30(28)39)21-7-5-4-6-8-21/h4-15,25,27-28H,16-17H2,1-3H3/t25-,27+,28+/m0/s1. The van der Waals surface area contributed by atoms with Crippen LogP contribution in [0.1, 0.15) is 34.7 Å². The number of carbonyl (C=O) groups excluding carboxylic acids is 3. The molecule has 0 N–H and O–H groups in total. The fourth-order valence-electron chi connectivity index (χ4n) is 5.52. The Balaban J connectivity index is 1.28. The number of para-hydroxylation sites is 1. The molecule has 0 aromatic heterocycles. The van der Waals surface area contributed by atoms with E-state index in [9.17, 15) is 14.4 Å². The van der Waals surface area contributed by atoms with Crippen molar-refractivity contribution in [2.24, 2.45) is 15.4 Å². The predicted octanol–water partition coefficient (Wildman–Crippen LogP) is 3.98. The van der Waals surface area contributed by atoms with E-state index in [1.54, 1.807) is 31.4 Å². The third-order valence-electron chi connectivity index (χ3n) is 7.53. The molecule has 3 heterocycles. The van der Waals surface area contributed by atoms with E-state index in [2.05, 4.69) is 16.4 Å². The van der Waals surface area contributed by atoms with Crippen LogP contribution in [0.5, 0.6) is 5.75 Å². The van der Waals surface area contributed by atoms with Gasteiger partial charge in [0, 0.05) is 12.0 Å². The highest BCUT2D eigenvalue weighted by atomic mass is 16.5. The Morgan fingerprint density at radius 3 is 2.42 bits per heavy atom. The summed E-state index contributed by atoms with van der Waals surface area (Å²) in [6, 6.07) is 20.1. The van der Waals surface area contributed by atoms with E-state index in [1.165, 1.54) is 10.0 Å². The van der Waals surface area contributed by atoms with Crippen LogP contribution in [-0.4, -0.2) is 59.2 Å². The summed E-state index contributed by atoms with van der Waals surface area (Å²) >= 11 is 0. The van der Waals surface area contributed by atoms with E-state index >= 15 is 0 Å². The number of ether oxygens (including phenoxy) is 1. The maximum atomic E-state index is 13.8. The van der Waals surface area contributed by atoms with Gasteiger partial charge in [0.1, 0.15) is 12.3 Å². The molecule has 3 aromatic rings. The molecular formula is C30H28N6O4. The van der Waals surface area contributed by atoms with Crippen LogP contribution in [0.15, 0.2) is 88.2 Å². The number of methoxy groups -OCH3 is 1. The molecule has 40 heavy (non-hydrogen) atoms. The molecule has 3 aliphatic rings. The molecule has 0 unspecified atom stereocenters. The quantitative estimate of drug-likeness (QED) is 0.443. The molecule has 10 nitrogen and oxygen atoms in total. The van der Waals surface area contributed by atoms with Gasteiger partial charge in [0.25, 0.3) is 17.7 Å². The lowest BCUT2D eigenvalue weighted by Gasteiger charge is -2.25. The van der Waals surface area contributed by atoms with Crippen molar-refractivity contribution in [3.05, 3.63) is 95.1 Å². The fraction of sp³-hybridized carbons (Fsp3) is 0.267. The zero-order chi connectivity index (χ0) is 28.0. The Kier molecular flexibility index (Phi) is 6.37. The van der Waals surface area contributed by atoms with Gasteiger partial charge in [0.2, 0.25) is 0 Å². The molecule has 6 rings (SSSR count). The molecular weight excluding hydrogens is 508 g/mol. The second-order valence-electron chi connectivity index (χ2n) is 10.1. The number of hydrazone groups is 1. The highest BCUT2D eigenvalue weighted by Crippen LogP contribution is 2.36. The van der Waals surface area contributed by atoms with Gasteiger partial charge in [0.05, 0.1) is 24.6 Å². The molecule has 1 fully saturated rings. The minimum absolute atomic E-state index is 0.247. The van der Waals surface area contributed by atoms with Crippen LogP contribution in [0.2, 0.25) is 0 Å². The van der Waals surface area contributed by atoms with Crippen LogP contribution in [0.4, 0.5) is 5.69 Å². The Hall–Kier alpha value is -4.86. The number of nitrogens with zero attached hydrogens (tertiary/aromatic N) is 6. The van der Waals surface area contributed by atoms with Crippen molar-refractivity contribution in [3.8, 4) is 5.75 Å². The van der Waals surface area contributed by atoms with E-state index in [-0.39, 0.29) is 18.5 Å². The van der Waals surface area contributed by atoms with Gasteiger partial charge in [-0.1, -0.05) is 59.3 Å². The summed E-state index contributed by atoms with van der Waals surface area (Å²) in [5, 5.41) is 15.7. The van der Waals surface area contributed by atoms with Gasteiger partial charge in [-0.2, -0.15) is 10.2 Å². The lowest BCUT2D eigenvalue weighted by Crippen LogP contribution is -2.44. The van der Waals surface area contributed by atoms with Crippen molar-refractivity contribution in [3.63, 3.8) is 0 Å². The minimum atomic E-state index is -0.981. The zero-order valence-corrected chi connectivity index (χ0v) is 22.4. The van der Waals surface area contributed by atoms with Crippen LogP contribution < -0.4 is 9.64 Å². The average molecular weight is 537 g/mol. The number of benzene rings is 3. The molecule has 0 saturated carbocycles. The van der Waals surface area contributed by atoms with Gasteiger partial charge in [0.15, 0.2) is 12.1 Å². The van der Waals surface area contributed by atoms with E-state index in [0.717, 1.165) is 32.9 Å². The van der Waals surface area contributed by atoms with E-state index in [1.807, 2.05) is 56.3 Å². The lowest BCUT2D eigenvalue weighted by molar-refractivity contribution is -0.135. The molecule has 0 radical (unpaired) electrons. The Bertz CT molecular complexity index is 1550. The number of imide groups is 1. The molecule has 3 atom stereocenters. The maximum absolute atomic E-state index is 13.8. The monoisotopic (exact) mass is 536 g/mol. The molecule has 0 aliphatic carbocycles. The lowest BCUT2D eigenvalue weighted by atomic mass is 9.95. The summed E-state index contributed by atoms with van der Waals surface area (Å²) in [5.74, 6) is -0.538. The summed E-state index contributed by atoms with van der Waals surface area (Å²) < 4.78 is 5.31. The van der Waals surface area contributed by atoms with Crippen LogP contribution in [-0.2, 0) is 14.4 Å². The number of hydrogen-bond acceptors (Lipinski definition) is 8. The van der Waals surface area contributed by atoms with Crippen LogP contribution in [0, 0.1) is 13.8 Å². The smallest absolute Gasteiger partial charge is 0.264 e. The first-order valence-electron chi connectivity index (χ1n) is 13.1. The van der Waals surface area contributed by atoms with Crippen molar-refractivity contribution in [1.29, 1.82) is 0 Å². The van der Waals surface area contributed by atoms with E-state index in [4.69, 9.17) is 9.84 Å². The number of rotatable bonds is 6. The average Bonchev–Trinajstić information content (AvgIpc) is 3.64. The molecule has 1 saturated heterocycles. The number of anilines is 1. The van der Waals surface area contributed by atoms with Crippen molar-refractivity contribution in [2.75, 3.05) is 18.6 Å². The van der Waals surface area contributed by atoms with Crippen molar-refractivity contribution >= 4 is 29.1 Å². The van der Waals surface area contributed by atoms with Crippen molar-refractivity contribution in [1.82, 2.24) is 10.0 Å². The topological polar surface area (TPSA) is 107 Å². The summed E-state index contributed by atoms with van der Waals surface area (Å²) in [5.41, 5.74) is 5.38. The third-order valence-corrected chi connectivity index (χ3v) is 7.53. The van der Waals surface area contributed by atoms with E-state index in [0.29, 0.717) is 17.9 Å². The highest BCUT2D eigenvalue weighted by molar-refractivity contribution is 6.25. The SMILES string of the molecule is COc1ccc([C@@H]2CC(c3ccc(C)cc3C)=NN2C(=O)CN2N=N[C@H]3C(=O)N(c4ccccc4)C(=O)[C@@H]32)cc1. The second-order valence-corrected chi connectivity index (χ2v) is 10.1. The minimum Gasteiger partial charge on any atom is -0.497 e. The Labute approximate surface area is 231 Å². The summed E-state index contributed by atoms with van der Waals surface area (Å²) in [6.07, 6.45) is 0.523. The summed E-state index contributed by atoms with van der Waals surface area (Å²) in [7, 11) is 1.60. The Morgan fingerprint density at radius 2 is 1.73 bits per heavy atom. The number of hydrogen-bond donors (Lipinski definition) is 0. The number of aryl methyl sites for hydroxylation is 2. The Morgan fingerprint density at radius 1 is 0.975 bits per heavy atom. The number of amides is 3. The summed E-state index contributed by atoms with van der Waals surface area (Å²) in [6.45, 7) is 3.82. The summed E-state index contributed by atoms with van der Waals surface area (Å²) in [4.78, 5) is 41.3. The van der Waals surface area contributed by atoms with Gasteiger partial charge in [-0.3, -0.25) is 19.4 Å². The molecule has 0 spiro atoms. The number of fused-ring (bicyclic) bond motifs is 1. The third kappa shape index (κ3) is 4.31. The van der Waals surface area contributed by atoms with Crippen LogP contribution in [0.3, 0.4) is 0 Å². The molecule has 3 aliphatic heterocycles. The molecule has 0 bridgehead atoms. The van der Waals surface area contributed by atoms with Gasteiger partial charge < -0.3 is 4.74 Å². The van der Waals surface area contributed by atoms with Gasteiger partial charge in [-0.05, 0) is 49.2 Å². The molecule has 3 amide bonds. The normalized spacial score (nSPS) is 21.7. The van der Waals surface area contributed by atoms with Crippen LogP contribution >= 0.6 is 0 Å². The van der Waals surface area contributed by atoms with E-state index < -0.39 is 23.9 Å². The van der Waals surface area contributed by atoms with Crippen molar-refractivity contribution in [2.45, 2.75) is 38.4 Å². The second kappa shape index (κ2) is 10.0. The fourth-order valence-corrected chi connectivity index (χ4v) is 5.52. The molecule has 3 aromatic carbocycles. The molecule has 10 heteroatoms. The van der Waals surface area contributed by atoms with Gasteiger partial charge in [-0.15, -0.1) is 0 Å². The molecule has 202 valence electrons. The first kappa shape index (κ1) is 25.4. The van der Waals surface area contributed by atoms with Crippen molar-refractivity contribution < 1.29 is 19.1 Å². The van der Waals surface area contributed by atoms with Crippen LogP contribution in [0.25, 0.3) is 0 Å². The first-order valence-corrected chi connectivity index (χ1v) is 13.1. The zero-order valence-electron chi connectivity index (χ0n) is 22.4. The predicted molar refractivity (Wildman–Crippen MR) is 148 cm³/mol. The van der Waals surface area contributed by atoms with Gasteiger partial charge >= 0.3 is 0 Å². The maximum Gasteiger partial charge on any atom is 0.264 e. The largest absolute Gasteiger partial charge is 0.497 e. The highest BCUT2D eigenvalue weighted by Gasteiger charge is 2.55. The number of carbonyl (C=O) groups is 3. The van der Waals surface area contributed by atoms with Gasteiger partial charge in [-0.25, -0.2) is 9.91 Å².